The lowest BCUT2D eigenvalue weighted by atomic mass is 10.0. The van der Waals surface area contributed by atoms with Crippen molar-refractivity contribution in [1.82, 2.24) is 24.1 Å². The van der Waals surface area contributed by atoms with Gasteiger partial charge in [0.2, 0.25) is 0 Å². The van der Waals surface area contributed by atoms with Gasteiger partial charge >= 0.3 is 12.1 Å². The van der Waals surface area contributed by atoms with Crippen LogP contribution in [0.4, 0.5) is 18.9 Å². The number of benzene rings is 1. The summed E-state index contributed by atoms with van der Waals surface area (Å²) in [6.45, 7) is 3.04. The highest BCUT2D eigenvalue weighted by molar-refractivity contribution is 6.29. The molecule has 0 saturated heterocycles. The number of halogens is 4. The molecule has 13 heteroatoms. The molecule has 0 fully saturated rings. The zero-order chi connectivity index (χ0) is 29.6. The molecule has 0 saturated carbocycles. The van der Waals surface area contributed by atoms with Crippen LogP contribution in [0.3, 0.4) is 0 Å². The standard InChI is InChI=1S/C28H22ClF3N6O3/c1-14-23(17-6-4-16(5-7-17)21-10-11-33-37(21)3)36-25-19(12-18(28(30,31)32)13-38(25)26(14)39)15(2)34-20-8-9-22(29)35-24(20)27(40)41/h4-13,15,34H,1-3H3,(H,40,41)/t15-/m1/s1. The van der Waals surface area contributed by atoms with Gasteiger partial charge in [-0.25, -0.2) is 14.8 Å². The van der Waals surface area contributed by atoms with E-state index in [-0.39, 0.29) is 27.6 Å². The quantitative estimate of drug-likeness (QED) is 0.236. The van der Waals surface area contributed by atoms with Crippen LogP contribution < -0.4 is 10.9 Å². The number of fused-ring (bicyclic) bond motifs is 1. The van der Waals surface area contributed by atoms with Gasteiger partial charge < -0.3 is 10.4 Å². The first-order chi connectivity index (χ1) is 19.3. The number of carboxylic acids is 1. The van der Waals surface area contributed by atoms with E-state index in [1.807, 2.05) is 25.2 Å². The number of nitrogens with one attached hydrogen (secondary N) is 1. The largest absolute Gasteiger partial charge is 0.476 e. The predicted molar refractivity (Wildman–Crippen MR) is 147 cm³/mol. The minimum Gasteiger partial charge on any atom is -0.476 e. The van der Waals surface area contributed by atoms with Crippen molar-refractivity contribution in [3.8, 4) is 22.5 Å². The molecule has 1 atom stereocenters. The second-order valence-electron chi connectivity index (χ2n) is 9.38. The minimum atomic E-state index is -4.76. The van der Waals surface area contributed by atoms with Crippen molar-refractivity contribution < 1.29 is 23.1 Å². The average Bonchev–Trinajstić information content (AvgIpc) is 3.36. The first-order valence-corrected chi connectivity index (χ1v) is 12.6. The Morgan fingerprint density at radius 1 is 1.07 bits per heavy atom. The van der Waals surface area contributed by atoms with E-state index in [1.165, 1.54) is 26.0 Å². The van der Waals surface area contributed by atoms with E-state index in [9.17, 15) is 27.9 Å². The molecule has 0 radical (unpaired) electrons. The molecule has 210 valence electrons. The number of alkyl halides is 3. The first kappa shape index (κ1) is 27.8. The van der Waals surface area contributed by atoms with E-state index >= 15 is 0 Å². The van der Waals surface area contributed by atoms with Gasteiger partial charge in [0.15, 0.2) is 5.69 Å². The van der Waals surface area contributed by atoms with Crippen molar-refractivity contribution in [1.29, 1.82) is 0 Å². The highest BCUT2D eigenvalue weighted by Gasteiger charge is 2.33. The molecule has 4 aromatic heterocycles. The van der Waals surface area contributed by atoms with Crippen molar-refractivity contribution in [2.45, 2.75) is 26.1 Å². The van der Waals surface area contributed by atoms with Crippen LogP contribution in [0.2, 0.25) is 5.15 Å². The van der Waals surface area contributed by atoms with Gasteiger partial charge in [-0.15, -0.1) is 0 Å². The van der Waals surface area contributed by atoms with Gasteiger partial charge in [0.05, 0.1) is 28.7 Å². The second kappa shape index (κ2) is 10.4. The number of aryl methyl sites for hydroxylation is 1. The average molecular weight is 583 g/mol. The van der Waals surface area contributed by atoms with Gasteiger partial charge in [-0.1, -0.05) is 35.9 Å². The third kappa shape index (κ3) is 5.25. The van der Waals surface area contributed by atoms with Crippen molar-refractivity contribution in [3.05, 3.63) is 98.8 Å². The number of rotatable bonds is 6. The molecule has 0 amide bonds. The third-order valence-corrected chi connectivity index (χ3v) is 6.89. The molecule has 4 heterocycles. The number of aromatic carboxylic acids is 1. The lowest BCUT2D eigenvalue weighted by Gasteiger charge is -2.21. The lowest BCUT2D eigenvalue weighted by molar-refractivity contribution is -0.137. The monoisotopic (exact) mass is 582 g/mol. The summed E-state index contributed by atoms with van der Waals surface area (Å²) in [5, 5.41) is 16.5. The predicted octanol–water partition coefficient (Wildman–Crippen LogP) is 6.01. The van der Waals surface area contributed by atoms with Gasteiger partial charge in [-0.2, -0.15) is 18.3 Å². The summed E-state index contributed by atoms with van der Waals surface area (Å²) in [6.07, 6.45) is -2.37. The summed E-state index contributed by atoms with van der Waals surface area (Å²) in [6, 6.07) is 11.8. The highest BCUT2D eigenvalue weighted by Crippen LogP contribution is 2.34. The summed E-state index contributed by atoms with van der Waals surface area (Å²) < 4.78 is 44.3. The summed E-state index contributed by atoms with van der Waals surface area (Å²) in [5.41, 5.74) is 0.723. The van der Waals surface area contributed by atoms with Crippen LogP contribution >= 0.6 is 11.6 Å². The van der Waals surface area contributed by atoms with Gasteiger partial charge in [-0.3, -0.25) is 13.9 Å². The Balaban J connectivity index is 1.67. The first-order valence-electron chi connectivity index (χ1n) is 12.2. The van der Waals surface area contributed by atoms with E-state index < -0.39 is 35.0 Å². The highest BCUT2D eigenvalue weighted by atomic mass is 35.5. The normalized spacial score (nSPS) is 12.5. The van der Waals surface area contributed by atoms with Crippen LogP contribution in [0.5, 0.6) is 0 Å². The lowest BCUT2D eigenvalue weighted by Crippen LogP contribution is -2.24. The molecule has 5 aromatic rings. The van der Waals surface area contributed by atoms with Gasteiger partial charge in [0, 0.05) is 36.1 Å². The Labute approximate surface area is 235 Å². The zero-order valence-corrected chi connectivity index (χ0v) is 22.6. The van der Waals surface area contributed by atoms with Crippen LogP contribution in [0.15, 0.2) is 65.7 Å². The second-order valence-corrected chi connectivity index (χ2v) is 9.77. The number of carboxylic acid groups (broad SMARTS) is 1. The smallest absolute Gasteiger partial charge is 0.417 e. The molecule has 0 bridgehead atoms. The maximum Gasteiger partial charge on any atom is 0.417 e. The molecule has 41 heavy (non-hydrogen) atoms. The minimum absolute atomic E-state index is 0.0156. The Kier molecular flexibility index (Phi) is 7.03. The van der Waals surface area contributed by atoms with Crippen LogP contribution in [0.25, 0.3) is 28.2 Å². The van der Waals surface area contributed by atoms with Crippen LogP contribution in [0.1, 0.15) is 40.1 Å². The number of nitrogens with zero attached hydrogens (tertiary/aromatic N) is 5. The fraction of sp³-hybridized carbons (Fsp3) is 0.179. The number of hydrogen-bond donors (Lipinski definition) is 2. The van der Waals surface area contributed by atoms with Crippen molar-refractivity contribution >= 4 is 28.9 Å². The molecular weight excluding hydrogens is 561 g/mol. The maximum atomic E-state index is 13.9. The number of anilines is 1. The molecule has 5 rings (SSSR count). The number of pyridine rings is 2. The van der Waals surface area contributed by atoms with E-state index in [1.54, 1.807) is 23.0 Å². The Hall–Kier alpha value is -4.71. The summed E-state index contributed by atoms with van der Waals surface area (Å²) in [7, 11) is 1.81. The van der Waals surface area contributed by atoms with Gasteiger partial charge in [0.25, 0.3) is 5.56 Å². The molecule has 2 N–H and O–H groups in total. The number of carbonyl (C=O) groups is 1. The molecule has 0 aliphatic heterocycles. The van der Waals surface area contributed by atoms with Crippen LogP contribution in [-0.2, 0) is 13.2 Å². The Morgan fingerprint density at radius 2 is 1.76 bits per heavy atom. The number of hydrogen-bond acceptors (Lipinski definition) is 6. The molecule has 0 unspecified atom stereocenters. The Morgan fingerprint density at radius 3 is 2.37 bits per heavy atom. The topological polar surface area (TPSA) is 114 Å². The molecular formula is C28H22ClF3N6O3. The fourth-order valence-electron chi connectivity index (χ4n) is 4.59. The van der Waals surface area contributed by atoms with Crippen molar-refractivity contribution in [2.24, 2.45) is 7.05 Å². The van der Waals surface area contributed by atoms with Gasteiger partial charge in [-0.05, 0) is 43.7 Å². The molecule has 9 nitrogen and oxygen atoms in total. The Bertz CT molecular complexity index is 1870. The van der Waals surface area contributed by atoms with E-state index in [2.05, 4.69) is 20.4 Å². The third-order valence-electron chi connectivity index (χ3n) is 6.68. The van der Waals surface area contributed by atoms with E-state index in [0.717, 1.165) is 27.9 Å². The van der Waals surface area contributed by atoms with Gasteiger partial charge in [0.1, 0.15) is 10.8 Å². The molecule has 0 spiro atoms. The fourth-order valence-corrected chi connectivity index (χ4v) is 4.74. The SMILES string of the molecule is Cc1c(-c2ccc(-c3ccnn3C)cc2)nc2c([C@@H](C)Nc3ccc(Cl)nc3C(=O)O)cc(C(F)(F)F)cn2c1=O. The van der Waals surface area contributed by atoms with Crippen molar-refractivity contribution in [3.63, 3.8) is 0 Å². The van der Waals surface area contributed by atoms with E-state index in [4.69, 9.17) is 11.6 Å². The summed E-state index contributed by atoms with van der Waals surface area (Å²) in [4.78, 5) is 33.6. The molecule has 0 aliphatic carbocycles. The summed E-state index contributed by atoms with van der Waals surface area (Å²) in [5.74, 6) is -1.38. The van der Waals surface area contributed by atoms with Crippen LogP contribution in [0, 0.1) is 6.92 Å². The molecule has 1 aromatic carbocycles. The van der Waals surface area contributed by atoms with E-state index in [0.29, 0.717) is 11.3 Å². The summed E-state index contributed by atoms with van der Waals surface area (Å²) >= 11 is 5.84. The number of aromatic nitrogens is 5. The zero-order valence-electron chi connectivity index (χ0n) is 21.9. The maximum absolute atomic E-state index is 13.9. The molecule has 0 aliphatic rings. The van der Waals surface area contributed by atoms with Crippen molar-refractivity contribution in [2.75, 3.05) is 5.32 Å². The van der Waals surface area contributed by atoms with Crippen LogP contribution in [-0.4, -0.2) is 35.2 Å².